The van der Waals surface area contributed by atoms with Gasteiger partial charge in [-0.1, -0.05) is 48.5 Å². The molecule has 0 spiro atoms. The highest BCUT2D eigenvalue weighted by Crippen LogP contribution is 2.24. The van der Waals surface area contributed by atoms with E-state index in [2.05, 4.69) is 12.1 Å². The highest BCUT2D eigenvalue weighted by atomic mass is 16.5. The van der Waals surface area contributed by atoms with Gasteiger partial charge in [-0.25, -0.2) is 0 Å². The summed E-state index contributed by atoms with van der Waals surface area (Å²) in [7, 11) is 3.28. The summed E-state index contributed by atoms with van der Waals surface area (Å²) < 4.78 is 10.7. The van der Waals surface area contributed by atoms with Crippen LogP contribution in [0.2, 0.25) is 0 Å². The second-order valence-electron chi connectivity index (χ2n) is 5.73. The van der Waals surface area contributed by atoms with Gasteiger partial charge in [0.1, 0.15) is 11.5 Å². The van der Waals surface area contributed by atoms with Crippen LogP contribution in [0, 0.1) is 0 Å². The van der Waals surface area contributed by atoms with Crippen molar-refractivity contribution in [2.75, 3.05) is 19.2 Å². The Labute approximate surface area is 154 Å². The first kappa shape index (κ1) is 17.5. The summed E-state index contributed by atoms with van der Waals surface area (Å²) in [5.74, 6) is 1.48. The summed E-state index contributed by atoms with van der Waals surface area (Å²) in [6.45, 7) is 0.680. The van der Waals surface area contributed by atoms with Gasteiger partial charge >= 0.3 is 0 Å². The first-order valence-electron chi connectivity index (χ1n) is 8.42. The quantitative estimate of drug-likeness (QED) is 0.457. The molecule has 0 saturated heterocycles. The summed E-state index contributed by atoms with van der Waals surface area (Å²) in [6.07, 6.45) is 1.81. The van der Waals surface area contributed by atoms with Gasteiger partial charge in [-0.05, 0) is 29.8 Å². The van der Waals surface area contributed by atoms with Gasteiger partial charge in [0.05, 0.1) is 32.7 Å². The molecule has 3 aromatic carbocycles. The van der Waals surface area contributed by atoms with Gasteiger partial charge < -0.3 is 9.47 Å². The predicted octanol–water partition coefficient (Wildman–Crippen LogP) is 4.74. The third-order valence-corrected chi connectivity index (χ3v) is 4.01. The molecule has 0 amide bonds. The van der Waals surface area contributed by atoms with Crippen LogP contribution in [0.25, 0.3) is 0 Å². The third-order valence-electron chi connectivity index (χ3n) is 4.01. The van der Waals surface area contributed by atoms with Crippen LogP contribution in [0.15, 0.2) is 84.0 Å². The molecule has 0 unspecified atom stereocenters. The van der Waals surface area contributed by atoms with Crippen LogP contribution in [-0.2, 0) is 6.54 Å². The van der Waals surface area contributed by atoms with Gasteiger partial charge in [0.25, 0.3) is 0 Å². The van der Waals surface area contributed by atoms with Crippen molar-refractivity contribution < 1.29 is 9.47 Å². The van der Waals surface area contributed by atoms with Crippen molar-refractivity contribution in [1.82, 2.24) is 0 Å². The zero-order valence-electron chi connectivity index (χ0n) is 15.0. The van der Waals surface area contributed by atoms with E-state index in [1.54, 1.807) is 14.2 Å². The third kappa shape index (κ3) is 4.42. The Morgan fingerprint density at radius 3 is 2.19 bits per heavy atom. The zero-order chi connectivity index (χ0) is 18.2. The molecular formula is C22H22N2O2. The lowest BCUT2D eigenvalue weighted by Gasteiger charge is -2.19. The van der Waals surface area contributed by atoms with Gasteiger partial charge in [0.15, 0.2) is 0 Å². The zero-order valence-corrected chi connectivity index (χ0v) is 15.0. The molecule has 0 N–H and O–H groups in total. The first-order chi connectivity index (χ1) is 12.8. The lowest BCUT2D eigenvalue weighted by Crippen LogP contribution is -2.16. The molecule has 0 aliphatic rings. The number of nitrogens with zero attached hydrogens (tertiary/aromatic N) is 2. The number of hydrogen-bond donors (Lipinski definition) is 0. The van der Waals surface area contributed by atoms with E-state index < -0.39 is 0 Å². The minimum absolute atomic E-state index is 0.680. The van der Waals surface area contributed by atoms with E-state index in [1.807, 2.05) is 78.0 Å². The van der Waals surface area contributed by atoms with Crippen LogP contribution in [0.1, 0.15) is 11.1 Å². The van der Waals surface area contributed by atoms with Crippen LogP contribution >= 0.6 is 0 Å². The molecule has 0 saturated carbocycles. The molecule has 4 nitrogen and oxygen atoms in total. The van der Waals surface area contributed by atoms with Crippen LogP contribution in [0.4, 0.5) is 5.69 Å². The van der Waals surface area contributed by atoms with E-state index >= 15 is 0 Å². The van der Waals surface area contributed by atoms with Crippen LogP contribution in [0.3, 0.4) is 0 Å². The summed E-state index contributed by atoms with van der Waals surface area (Å²) in [6, 6.07) is 26.1. The molecule has 0 radical (unpaired) electrons. The van der Waals surface area contributed by atoms with Gasteiger partial charge in [-0.2, -0.15) is 5.10 Å². The van der Waals surface area contributed by atoms with E-state index in [1.165, 1.54) is 5.56 Å². The average molecular weight is 346 g/mol. The molecule has 26 heavy (non-hydrogen) atoms. The van der Waals surface area contributed by atoms with Crippen molar-refractivity contribution in [2.24, 2.45) is 5.10 Å². The number of para-hydroxylation sites is 1. The normalized spacial score (nSPS) is 10.7. The number of ether oxygens (including phenoxy) is 2. The molecular weight excluding hydrogens is 324 g/mol. The van der Waals surface area contributed by atoms with Crippen molar-refractivity contribution >= 4 is 11.9 Å². The highest BCUT2D eigenvalue weighted by Gasteiger charge is 2.07. The Kier molecular flexibility index (Phi) is 5.88. The van der Waals surface area contributed by atoms with Crippen LogP contribution < -0.4 is 14.5 Å². The van der Waals surface area contributed by atoms with E-state index in [-0.39, 0.29) is 0 Å². The number of benzene rings is 3. The molecule has 3 rings (SSSR count). The Morgan fingerprint density at radius 1 is 0.846 bits per heavy atom. The molecule has 0 heterocycles. The fraction of sp³-hybridized carbons (Fsp3) is 0.136. The van der Waals surface area contributed by atoms with Crippen molar-refractivity contribution in [3.05, 3.63) is 90.0 Å². The highest BCUT2D eigenvalue weighted by molar-refractivity contribution is 5.84. The largest absolute Gasteiger partial charge is 0.497 e. The van der Waals surface area contributed by atoms with Crippen LogP contribution in [0.5, 0.6) is 11.5 Å². The number of methoxy groups -OCH3 is 2. The smallest absolute Gasteiger partial charge is 0.131 e. The van der Waals surface area contributed by atoms with Gasteiger partial charge in [0, 0.05) is 11.6 Å². The lowest BCUT2D eigenvalue weighted by molar-refractivity contribution is 0.394. The second kappa shape index (κ2) is 8.72. The van der Waals surface area contributed by atoms with Gasteiger partial charge in [-0.15, -0.1) is 0 Å². The maximum absolute atomic E-state index is 5.45. The van der Waals surface area contributed by atoms with Crippen molar-refractivity contribution in [1.29, 1.82) is 0 Å². The minimum atomic E-state index is 0.680. The number of rotatable bonds is 7. The summed E-state index contributed by atoms with van der Waals surface area (Å²) in [5.41, 5.74) is 3.11. The minimum Gasteiger partial charge on any atom is -0.497 e. The monoisotopic (exact) mass is 346 g/mol. The Bertz CT molecular complexity index is 849. The predicted molar refractivity (Wildman–Crippen MR) is 106 cm³/mol. The van der Waals surface area contributed by atoms with Gasteiger partial charge in [0.2, 0.25) is 0 Å². The molecule has 0 atom stereocenters. The lowest BCUT2D eigenvalue weighted by atomic mass is 10.2. The van der Waals surface area contributed by atoms with E-state index in [0.29, 0.717) is 6.54 Å². The molecule has 4 heteroatoms. The van der Waals surface area contributed by atoms with E-state index in [0.717, 1.165) is 22.7 Å². The van der Waals surface area contributed by atoms with Gasteiger partial charge in [-0.3, -0.25) is 5.01 Å². The van der Waals surface area contributed by atoms with Crippen molar-refractivity contribution in [3.63, 3.8) is 0 Å². The van der Waals surface area contributed by atoms with E-state index in [9.17, 15) is 0 Å². The SMILES string of the molecule is COc1ccc(C=NN(Cc2ccccc2)c2ccccc2)c(OC)c1. The molecule has 0 aromatic heterocycles. The summed E-state index contributed by atoms with van der Waals surface area (Å²) >= 11 is 0. The molecule has 0 aliphatic carbocycles. The fourth-order valence-electron chi connectivity index (χ4n) is 2.61. The average Bonchev–Trinajstić information content (AvgIpc) is 2.72. The standard InChI is InChI=1S/C22H22N2O2/c1-25-21-14-13-19(22(15-21)26-2)16-23-24(20-11-7-4-8-12-20)17-18-9-5-3-6-10-18/h3-16H,17H2,1-2H3. The fourth-order valence-corrected chi connectivity index (χ4v) is 2.61. The number of anilines is 1. The number of hydrogen-bond acceptors (Lipinski definition) is 4. The Balaban J connectivity index is 1.89. The first-order valence-corrected chi connectivity index (χ1v) is 8.42. The molecule has 0 bridgehead atoms. The topological polar surface area (TPSA) is 34.1 Å². The molecule has 132 valence electrons. The van der Waals surface area contributed by atoms with Crippen LogP contribution in [-0.4, -0.2) is 20.4 Å². The van der Waals surface area contributed by atoms with Crippen molar-refractivity contribution in [3.8, 4) is 11.5 Å². The maximum Gasteiger partial charge on any atom is 0.131 e. The number of hydrazone groups is 1. The summed E-state index contributed by atoms with van der Waals surface area (Å²) in [5, 5.41) is 6.68. The Morgan fingerprint density at radius 2 is 1.54 bits per heavy atom. The maximum atomic E-state index is 5.45. The summed E-state index contributed by atoms with van der Waals surface area (Å²) in [4.78, 5) is 0. The molecule has 3 aromatic rings. The molecule has 0 aliphatic heterocycles. The van der Waals surface area contributed by atoms with E-state index in [4.69, 9.17) is 14.6 Å². The van der Waals surface area contributed by atoms with Crippen molar-refractivity contribution in [2.45, 2.75) is 6.54 Å². The Hall–Kier alpha value is -3.27. The second-order valence-corrected chi connectivity index (χ2v) is 5.73. The molecule has 0 fully saturated rings.